The molecule has 0 saturated carbocycles. The minimum Gasteiger partial charge on any atom is -0.477 e. The molecule has 0 spiro atoms. The lowest BCUT2D eigenvalue weighted by molar-refractivity contribution is 0.151. The van der Waals surface area contributed by atoms with Gasteiger partial charge in [-0.3, -0.25) is 4.98 Å². The van der Waals surface area contributed by atoms with Gasteiger partial charge in [-0.05, 0) is 38.1 Å². The van der Waals surface area contributed by atoms with Crippen LogP contribution in [0.15, 0.2) is 42.9 Å². The molecule has 0 aliphatic heterocycles. The van der Waals surface area contributed by atoms with E-state index in [9.17, 15) is 8.78 Å². The van der Waals surface area contributed by atoms with Gasteiger partial charge >= 0.3 is 0 Å². The zero-order chi connectivity index (χ0) is 25.8. The highest BCUT2D eigenvalue weighted by Gasteiger charge is 2.20. The van der Waals surface area contributed by atoms with Crippen LogP contribution in [0.2, 0.25) is 5.15 Å². The van der Waals surface area contributed by atoms with E-state index in [1.165, 1.54) is 12.1 Å². The van der Waals surface area contributed by atoms with Gasteiger partial charge in [-0.2, -0.15) is 5.10 Å². The van der Waals surface area contributed by atoms with E-state index < -0.39 is 6.43 Å². The third kappa shape index (κ3) is 5.68. The summed E-state index contributed by atoms with van der Waals surface area (Å²) >= 11 is 6.12. The van der Waals surface area contributed by atoms with Crippen LogP contribution in [0.1, 0.15) is 31.0 Å². The number of hydrogen-bond acceptors (Lipinski definition) is 8. The summed E-state index contributed by atoms with van der Waals surface area (Å²) in [6, 6.07) is 6.14. The predicted octanol–water partition coefficient (Wildman–Crippen LogP) is 5.09. The second kappa shape index (κ2) is 10.8. The average Bonchev–Trinajstić information content (AvgIpc) is 3.12. The quantitative estimate of drug-likeness (QED) is 0.297. The van der Waals surface area contributed by atoms with E-state index in [1.807, 2.05) is 13.8 Å². The van der Waals surface area contributed by atoms with Crippen LogP contribution in [0.25, 0.3) is 22.6 Å². The average molecular weight is 515 g/mol. The predicted molar refractivity (Wildman–Crippen MR) is 134 cm³/mol. The van der Waals surface area contributed by atoms with Crippen LogP contribution in [0.4, 0.5) is 20.3 Å². The first-order valence-electron chi connectivity index (χ1n) is 11.1. The van der Waals surface area contributed by atoms with Gasteiger partial charge in [0.05, 0.1) is 18.0 Å². The summed E-state index contributed by atoms with van der Waals surface area (Å²) in [5, 5.41) is 8.12. The topological polar surface area (TPSA) is 117 Å². The van der Waals surface area contributed by atoms with Gasteiger partial charge in [-0.25, -0.2) is 28.4 Å². The summed E-state index contributed by atoms with van der Waals surface area (Å²) < 4.78 is 33.5. The minimum absolute atomic E-state index is 0.0380. The number of alkyl halides is 2. The molecule has 0 aliphatic carbocycles. The lowest BCUT2D eigenvalue weighted by Gasteiger charge is -2.18. The minimum atomic E-state index is -2.58. The highest BCUT2D eigenvalue weighted by molar-refractivity contribution is 6.29. The molecule has 36 heavy (non-hydrogen) atoms. The van der Waals surface area contributed by atoms with Crippen molar-refractivity contribution in [1.82, 2.24) is 29.7 Å². The molecule has 0 unspecified atom stereocenters. The monoisotopic (exact) mass is 514 g/mol. The van der Waals surface area contributed by atoms with Crippen molar-refractivity contribution in [3.05, 3.63) is 59.3 Å². The van der Waals surface area contributed by atoms with E-state index in [-0.39, 0.29) is 11.6 Å². The number of ether oxygens (including phenoxy) is 1. The van der Waals surface area contributed by atoms with E-state index >= 15 is 0 Å². The Kier molecular flexibility index (Phi) is 7.58. The van der Waals surface area contributed by atoms with E-state index in [2.05, 4.69) is 30.4 Å². The number of aromatic nitrogens is 6. The van der Waals surface area contributed by atoms with Crippen LogP contribution >= 0.6 is 11.6 Å². The maximum atomic E-state index is 12.9. The molecule has 188 valence electrons. The van der Waals surface area contributed by atoms with Crippen molar-refractivity contribution >= 4 is 23.1 Å². The summed E-state index contributed by atoms with van der Waals surface area (Å²) in [4.78, 5) is 16.9. The van der Waals surface area contributed by atoms with Gasteiger partial charge in [-0.1, -0.05) is 11.6 Å². The molecule has 0 aliphatic rings. The Hall–Kier alpha value is -3.86. The molecule has 0 amide bonds. The first kappa shape index (κ1) is 25.2. The fourth-order valence-electron chi connectivity index (χ4n) is 3.67. The fraction of sp³-hybridized carbons (Fsp3) is 0.292. The molecule has 3 N–H and O–H groups in total. The van der Waals surface area contributed by atoms with Gasteiger partial charge in [0.2, 0.25) is 5.88 Å². The first-order valence-corrected chi connectivity index (χ1v) is 11.5. The molecule has 4 aromatic heterocycles. The molecular weight excluding hydrogens is 490 g/mol. The number of pyridine rings is 2. The van der Waals surface area contributed by atoms with Crippen molar-refractivity contribution < 1.29 is 13.5 Å². The maximum Gasteiger partial charge on any atom is 0.265 e. The molecule has 0 aromatic carbocycles. The Morgan fingerprint density at radius 2 is 1.97 bits per heavy atom. The number of rotatable bonds is 9. The lowest BCUT2D eigenvalue weighted by Crippen LogP contribution is -2.19. The molecule has 0 radical (unpaired) electrons. The summed E-state index contributed by atoms with van der Waals surface area (Å²) in [5.41, 5.74) is 8.93. The number of aryl methyl sites for hydroxylation is 2. The van der Waals surface area contributed by atoms with Crippen molar-refractivity contribution in [3.8, 4) is 28.5 Å². The molecule has 4 heterocycles. The van der Waals surface area contributed by atoms with Crippen molar-refractivity contribution in [2.75, 3.05) is 17.7 Å². The van der Waals surface area contributed by atoms with E-state index in [1.54, 1.807) is 36.3 Å². The van der Waals surface area contributed by atoms with Crippen LogP contribution in [0.3, 0.4) is 0 Å². The number of nitrogens with two attached hydrogens (primary N) is 1. The Labute approximate surface area is 211 Å². The van der Waals surface area contributed by atoms with Crippen molar-refractivity contribution in [3.63, 3.8) is 0 Å². The Morgan fingerprint density at radius 3 is 2.67 bits per heavy atom. The van der Waals surface area contributed by atoms with Crippen molar-refractivity contribution in [2.24, 2.45) is 7.05 Å². The number of nitrogens with one attached hydrogen (secondary N) is 1. The Morgan fingerprint density at radius 1 is 1.17 bits per heavy atom. The van der Waals surface area contributed by atoms with Crippen LogP contribution in [0, 0.1) is 6.92 Å². The Bertz CT molecular complexity index is 1350. The molecule has 4 rings (SSSR count). The first-order chi connectivity index (χ1) is 17.2. The number of nitrogen functional groups attached to an aromatic ring is 1. The van der Waals surface area contributed by atoms with Gasteiger partial charge in [0.1, 0.15) is 16.5 Å². The zero-order valence-corrected chi connectivity index (χ0v) is 20.7. The van der Waals surface area contributed by atoms with Gasteiger partial charge in [-0.15, -0.1) is 0 Å². The molecule has 4 aromatic rings. The van der Waals surface area contributed by atoms with Crippen LogP contribution in [0.5, 0.6) is 5.88 Å². The third-order valence-corrected chi connectivity index (χ3v) is 5.65. The number of nitrogens with zero attached hydrogens (tertiary/aromatic N) is 6. The van der Waals surface area contributed by atoms with Crippen LogP contribution < -0.4 is 15.8 Å². The van der Waals surface area contributed by atoms with Gasteiger partial charge in [0.15, 0.2) is 5.82 Å². The molecule has 9 nitrogen and oxygen atoms in total. The number of anilines is 2. The van der Waals surface area contributed by atoms with E-state index in [0.29, 0.717) is 58.2 Å². The number of hydrogen-bond donors (Lipinski definition) is 2. The second-order valence-electron chi connectivity index (χ2n) is 8.21. The molecule has 12 heteroatoms. The maximum absolute atomic E-state index is 12.9. The van der Waals surface area contributed by atoms with Crippen molar-refractivity contribution in [2.45, 2.75) is 32.7 Å². The highest BCUT2D eigenvalue weighted by atomic mass is 35.5. The smallest absolute Gasteiger partial charge is 0.265 e. The van der Waals surface area contributed by atoms with Gasteiger partial charge in [0.25, 0.3) is 6.43 Å². The Balaban J connectivity index is 1.46. The second-order valence-corrected chi connectivity index (χ2v) is 8.59. The standard InChI is InChI=1S/C24H25ClF2N8O/c1-13(7-9-36-24-21(14(2)34-35(24)3)23-29-8-6-20(28)33-23)32-18-10-19(25)31-12-16(18)17-5-4-15(11-30-17)22(26)27/h4-6,8,10-13,22H,7,9H2,1-3H3,(H,31,32)(H2,28,29,33)/t13-/m0/s1. The molecule has 1 atom stereocenters. The molecule has 0 saturated heterocycles. The SMILES string of the molecule is Cc1nn(C)c(OCC[C@H](C)Nc2cc(Cl)ncc2-c2ccc(C(F)F)cn2)c1-c1nccc(N)n1. The third-order valence-electron chi connectivity index (χ3n) is 5.45. The molecular formula is C24H25ClF2N8O. The van der Waals surface area contributed by atoms with E-state index in [4.69, 9.17) is 22.1 Å². The van der Waals surface area contributed by atoms with Crippen molar-refractivity contribution in [1.29, 1.82) is 0 Å². The summed E-state index contributed by atoms with van der Waals surface area (Å²) in [7, 11) is 1.79. The normalized spacial score (nSPS) is 12.1. The molecule has 0 bridgehead atoms. The van der Waals surface area contributed by atoms with Crippen LogP contribution in [-0.4, -0.2) is 42.4 Å². The molecule has 0 fully saturated rings. The summed E-state index contributed by atoms with van der Waals surface area (Å²) in [5.74, 6) is 1.35. The lowest BCUT2D eigenvalue weighted by atomic mass is 10.1. The largest absolute Gasteiger partial charge is 0.477 e. The van der Waals surface area contributed by atoms with E-state index in [0.717, 1.165) is 11.9 Å². The number of halogens is 3. The van der Waals surface area contributed by atoms with Gasteiger partial charge < -0.3 is 15.8 Å². The highest BCUT2D eigenvalue weighted by Crippen LogP contribution is 2.32. The summed E-state index contributed by atoms with van der Waals surface area (Å²) in [6.45, 7) is 4.22. The summed E-state index contributed by atoms with van der Waals surface area (Å²) in [6.07, 6.45) is 2.36. The zero-order valence-electron chi connectivity index (χ0n) is 19.9. The van der Waals surface area contributed by atoms with Crippen LogP contribution in [-0.2, 0) is 7.05 Å². The fourth-order valence-corrected chi connectivity index (χ4v) is 3.83. The van der Waals surface area contributed by atoms with Gasteiger partial charge in [0, 0.05) is 54.9 Å².